The van der Waals surface area contributed by atoms with Gasteiger partial charge in [-0.3, -0.25) is 9.59 Å². The lowest BCUT2D eigenvalue weighted by molar-refractivity contribution is -0.332. The molecule has 2 saturated heterocycles. The van der Waals surface area contributed by atoms with Crippen molar-refractivity contribution in [3.63, 3.8) is 0 Å². The standard InChI is InChI=1S/C47H84O15/c1-3-5-7-9-11-13-15-17-18-20-22-24-26-28-30-39(50)60-35(32-57-38(49)29-27-25-23-21-19-16-14-12-10-8-6-4-2)33-58-46-45(56)43(54)41(52)37(62-46)34-59-47-44(55)42(53)40(51)36(31-48)61-47/h12,14-15,17,35-37,40-48,51-56H,3-11,13,16,18-34H2,1-2H3/b14-12-,17-15-. The quantitative estimate of drug-likeness (QED) is 0.0231. The molecule has 0 aromatic heterocycles. The van der Waals surface area contributed by atoms with E-state index in [0.717, 1.165) is 77.0 Å². The molecule has 15 nitrogen and oxygen atoms in total. The van der Waals surface area contributed by atoms with Crippen molar-refractivity contribution >= 4 is 11.9 Å². The Labute approximate surface area is 371 Å². The Kier molecular flexibility index (Phi) is 31.9. The van der Waals surface area contributed by atoms with Gasteiger partial charge in [-0.1, -0.05) is 115 Å². The van der Waals surface area contributed by atoms with Crippen molar-refractivity contribution in [1.29, 1.82) is 0 Å². The zero-order chi connectivity index (χ0) is 45.4. The van der Waals surface area contributed by atoms with Crippen LogP contribution in [-0.2, 0) is 38.0 Å². The van der Waals surface area contributed by atoms with E-state index < -0.39 is 92.7 Å². The van der Waals surface area contributed by atoms with E-state index in [1.54, 1.807) is 0 Å². The summed E-state index contributed by atoms with van der Waals surface area (Å²) in [6, 6.07) is 0. The Morgan fingerprint density at radius 1 is 0.500 bits per heavy atom. The maximum absolute atomic E-state index is 12.9. The monoisotopic (exact) mass is 889 g/mol. The Hall–Kier alpha value is -2.02. The van der Waals surface area contributed by atoms with Crippen LogP contribution in [0.3, 0.4) is 0 Å². The molecule has 2 heterocycles. The highest BCUT2D eigenvalue weighted by molar-refractivity contribution is 5.70. The molecule has 0 bridgehead atoms. The van der Waals surface area contributed by atoms with Crippen molar-refractivity contribution in [2.45, 2.75) is 235 Å². The van der Waals surface area contributed by atoms with Crippen molar-refractivity contribution in [3.8, 4) is 0 Å². The molecule has 11 unspecified atom stereocenters. The van der Waals surface area contributed by atoms with Gasteiger partial charge in [0.15, 0.2) is 18.7 Å². The van der Waals surface area contributed by atoms with Crippen LogP contribution in [0.25, 0.3) is 0 Å². The van der Waals surface area contributed by atoms with E-state index in [-0.39, 0.29) is 26.1 Å². The molecule has 0 amide bonds. The van der Waals surface area contributed by atoms with Crippen LogP contribution in [0.4, 0.5) is 0 Å². The van der Waals surface area contributed by atoms with Crippen LogP contribution in [-0.4, -0.2) is 142 Å². The molecule has 2 aliphatic heterocycles. The van der Waals surface area contributed by atoms with Crippen LogP contribution in [0, 0.1) is 0 Å². The highest BCUT2D eigenvalue weighted by atomic mass is 16.7. The maximum Gasteiger partial charge on any atom is 0.306 e. The summed E-state index contributed by atoms with van der Waals surface area (Å²) in [5.41, 5.74) is 0. The third-order valence-electron chi connectivity index (χ3n) is 11.4. The SMILES string of the molecule is CCCCC/C=C\CCCCCCCC(=O)OCC(COC1OC(COC2OC(CO)C(O)C(O)C2O)C(O)C(O)C1O)OC(=O)CCCCCCC/C=C\CCCCCCC. The summed E-state index contributed by atoms with van der Waals surface area (Å²) in [6.07, 6.45) is 16.4. The average Bonchev–Trinajstić information content (AvgIpc) is 3.26. The fourth-order valence-electron chi connectivity index (χ4n) is 7.38. The smallest absolute Gasteiger partial charge is 0.306 e. The van der Waals surface area contributed by atoms with Crippen molar-refractivity contribution < 1.29 is 73.8 Å². The van der Waals surface area contributed by atoms with E-state index >= 15 is 0 Å². The molecule has 2 rings (SSSR count). The summed E-state index contributed by atoms with van der Waals surface area (Å²) in [5.74, 6) is -0.945. The summed E-state index contributed by atoms with van der Waals surface area (Å²) in [5, 5.41) is 71.9. The fraction of sp³-hybridized carbons (Fsp3) is 0.872. The van der Waals surface area contributed by atoms with Crippen LogP contribution < -0.4 is 0 Å². The molecule has 0 saturated carbocycles. The number of carbonyl (C=O) groups excluding carboxylic acids is 2. The number of aliphatic hydroxyl groups excluding tert-OH is 7. The number of esters is 2. The summed E-state index contributed by atoms with van der Waals surface area (Å²) in [6.45, 7) is 2.52. The number of carbonyl (C=O) groups is 2. The Morgan fingerprint density at radius 2 is 0.919 bits per heavy atom. The first-order chi connectivity index (χ1) is 30.0. The predicted octanol–water partition coefficient (Wildman–Crippen LogP) is 5.60. The molecule has 2 fully saturated rings. The first kappa shape index (κ1) is 56.1. The Morgan fingerprint density at radius 3 is 1.45 bits per heavy atom. The minimum Gasteiger partial charge on any atom is -0.462 e. The van der Waals surface area contributed by atoms with E-state index in [9.17, 15) is 45.3 Å². The van der Waals surface area contributed by atoms with Gasteiger partial charge in [0.1, 0.15) is 55.4 Å². The topological polar surface area (TPSA) is 231 Å². The van der Waals surface area contributed by atoms with Crippen LogP contribution in [0.15, 0.2) is 24.3 Å². The fourth-order valence-corrected chi connectivity index (χ4v) is 7.38. The second kappa shape index (κ2) is 35.3. The zero-order valence-electron chi connectivity index (χ0n) is 37.9. The molecule has 0 radical (unpaired) electrons. The average molecular weight is 889 g/mol. The number of hydrogen-bond acceptors (Lipinski definition) is 15. The van der Waals surface area contributed by atoms with Crippen molar-refractivity contribution in [1.82, 2.24) is 0 Å². The maximum atomic E-state index is 12.9. The van der Waals surface area contributed by atoms with Crippen LogP contribution >= 0.6 is 0 Å². The van der Waals surface area contributed by atoms with Gasteiger partial charge in [0.25, 0.3) is 0 Å². The number of unbranched alkanes of at least 4 members (excludes halogenated alkanes) is 18. The number of allylic oxidation sites excluding steroid dienone is 4. The van der Waals surface area contributed by atoms with Crippen LogP contribution in [0.1, 0.15) is 168 Å². The van der Waals surface area contributed by atoms with Gasteiger partial charge >= 0.3 is 11.9 Å². The molecule has 0 aromatic carbocycles. The van der Waals surface area contributed by atoms with E-state index in [0.29, 0.717) is 12.8 Å². The van der Waals surface area contributed by atoms with E-state index in [1.165, 1.54) is 51.4 Å². The van der Waals surface area contributed by atoms with Gasteiger partial charge in [-0.05, 0) is 64.2 Å². The van der Waals surface area contributed by atoms with Crippen molar-refractivity contribution in [2.24, 2.45) is 0 Å². The molecule has 11 atom stereocenters. The van der Waals surface area contributed by atoms with Gasteiger partial charge in [-0.2, -0.15) is 0 Å². The second-order valence-corrected chi connectivity index (χ2v) is 16.9. The lowest BCUT2D eigenvalue weighted by atomic mass is 9.98. The summed E-state index contributed by atoms with van der Waals surface area (Å²) < 4.78 is 33.5. The van der Waals surface area contributed by atoms with Gasteiger partial charge in [0.2, 0.25) is 0 Å². The first-order valence-corrected chi connectivity index (χ1v) is 23.9. The molecule has 7 N–H and O–H groups in total. The normalized spacial score (nSPS) is 27.2. The molecule has 2 aliphatic rings. The van der Waals surface area contributed by atoms with Gasteiger partial charge in [-0.25, -0.2) is 0 Å². The highest BCUT2D eigenvalue weighted by Crippen LogP contribution is 2.26. The van der Waals surface area contributed by atoms with Gasteiger partial charge in [0.05, 0.1) is 19.8 Å². The number of aliphatic hydroxyl groups is 7. The van der Waals surface area contributed by atoms with Gasteiger partial charge in [-0.15, -0.1) is 0 Å². The van der Waals surface area contributed by atoms with E-state index in [2.05, 4.69) is 38.2 Å². The molecule has 0 spiro atoms. The largest absolute Gasteiger partial charge is 0.462 e. The van der Waals surface area contributed by atoms with Gasteiger partial charge in [0, 0.05) is 12.8 Å². The summed E-state index contributed by atoms with van der Waals surface area (Å²) >= 11 is 0. The van der Waals surface area contributed by atoms with Crippen LogP contribution in [0.2, 0.25) is 0 Å². The first-order valence-electron chi connectivity index (χ1n) is 23.9. The molecule has 362 valence electrons. The third-order valence-corrected chi connectivity index (χ3v) is 11.4. The molecule has 0 aliphatic carbocycles. The molecular weight excluding hydrogens is 805 g/mol. The Bertz CT molecular complexity index is 1180. The van der Waals surface area contributed by atoms with Crippen LogP contribution in [0.5, 0.6) is 0 Å². The predicted molar refractivity (Wildman–Crippen MR) is 234 cm³/mol. The second-order valence-electron chi connectivity index (χ2n) is 16.9. The summed E-state index contributed by atoms with van der Waals surface area (Å²) in [7, 11) is 0. The third kappa shape index (κ3) is 23.8. The minimum atomic E-state index is -1.76. The molecule has 15 heteroatoms. The number of ether oxygens (including phenoxy) is 6. The highest BCUT2D eigenvalue weighted by Gasteiger charge is 2.47. The summed E-state index contributed by atoms with van der Waals surface area (Å²) in [4.78, 5) is 25.6. The number of rotatable bonds is 36. The van der Waals surface area contributed by atoms with Crippen molar-refractivity contribution in [3.05, 3.63) is 24.3 Å². The number of hydrogen-bond donors (Lipinski definition) is 7. The van der Waals surface area contributed by atoms with E-state index in [1.807, 2.05) is 0 Å². The van der Waals surface area contributed by atoms with E-state index in [4.69, 9.17) is 28.4 Å². The lowest BCUT2D eigenvalue weighted by Crippen LogP contribution is -2.61. The minimum absolute atomic E-state index is 0.155. The molecular formula is C47H84O15. The lowest BCUT2D eigenvalue weighted by Gasteiger charge is -2.42. The Balaban J connectivity index is 1.85. The van der Waals surface area contributed by atoms with Crippen molar-refractivity contribution in [2.75, 3.05) is 26.4 Å². The zero-order valence-corrected chi connectivity index (χ0v) is 37.9. The molecule has 0 aromatic rings. The molecule has 62 heavy (non-hydrogen) atoms. The van der Waals surface area contributed by atoms with Gasteiger partial charge < -0.3 is 64.2 Å².